The minimum atomic E-state index is -0.455. The zero-order valence-electron chi connectivity index (χ0n) is 9.02. The van der Waals surface area contributed by atoms with E-state index in [1.165, 1.54) is 24.4 Å². The van der Waals surface area contributed by atoms with Gasteiger partial charge in [-0.1, -0.05) is 23.8 Å². The van der Waals surface area contributed by atoms with Gasteiger partial charge in [-0.25, -0.2) is 14.4 Å². The molecule has 18 heavy (non-hydrogen) atoms. The smallest absolute Gasteiger partial charge is 0.227 e. The molecular weight excluding hydrogens is 275 g/mol. The molecule has 1 heterocycles. The number of nitrogens with one attached hydrogen (secondary N) is 1. The number of rotatable bonds is 3. The highest BCUT2D eigenvalue weighted by Gasteiger charge is 2.06. The van der Waals surface area contributed by atoms with Crippen LogP contribution in [0.2, 0.25) is 5.02 Å². The molecule has 0 radical (unpaired) electrons. The lowest BCUT2D eigenvalue weighted by Crippen LogP contribution is -2.13. The normalized spacial score (nSPS) is 10.1. The summed E-state index contributed by atoms with van der Waals surface area (Å²) < 4.78 is 13.5. The molecule has 0 fully saturated rings. The Morgan fingerprint density at radius 1 is 1.39 bits per heavy atom. The Morgan fingerprint density at radius 2 is 2.17 bits per heavy atom. The van der Waals surface area contributed by atoms with Crippen LogP contribution in [0, 0.1) is 5.82 Å². The van der Waals surface area contributed by atoms with Crippen molar-refractivity contribution >= 4 is 40.4 Å². The van der Waals surface area contributed by atoms with Crippen molar-refractivity contribution in [2.24, 2.45) is 5.73 Å². The van der Waals surface area contributed by atoms with Crippen LogP contribution >= 0.6 is 23.8 Å². The molecule has 0 atom stereocenters. The predicted molar refractivity (Wildman–Crippen MR) is 72.6 cm³/mol. The first kappa shape index (κ1) is 12.7. The topological polar surface area (TPSA) is 63.8 Å². The van der Waals surface area contributed by atoms with E-state index in [0.717, 1.165) is 0 Å². The van der Waals surface area contributed by atoms with Gasteiger partial charge in [0.2, 0.25) is 5.95 Å². The SMILES string of the molecule is NC(=S)c1ccnc(Nc2cc(Cl)ccc2F)n1. The molecule has 4 nitrogen and oxygen atoms in total. The molecule has 0 unspecified atom stereocenters. The number of thiocarbonyl (C=S) groups is 1. The van der Waals surface area contributed by atoms with Crippen LogP contribution in [0.25, 0.3) is 0 Å². The van der Waals surface area contributed by atoms with Crippen LogP contribution < -0.4 is 11.1 Å². The van der Waals surface area contributed by atoms with Crippen molar-refractivity contribution in [2.75, 3.05) is 5.32 Å². The summed E-state index contributed by atoms with van der Waals surface area (Å²) in [6, 6.07) is 5.71. The molecule has 1 aromatic heterocycles. The number of hydrogen-bond acceptors (Lipinski definition) is 4. The van der Waals surface area contributed by atoms with Crippen molar-refractivity contribution in [3.8, 4) is 0 Å². The minimum absolute atomic E-state index is 0.145. The van der Waals surface area contributed by atoms with Crippen molar-refractivity contribution in [1.29, 1.82) is 0 Å². The van der Waals surface area contributed by atoms with Gasteiger partial charge in [-0.2, -0.15) is 0 Å². The standard InChI is InChI=1S/C11H8ClFN4S/c12-6-1-2-7(13)9(5-6)17-11-15-4-3-8(16-11)10(14)18/h1-5H,(H2,14,18)(H,15,16,17). The molecule has 2 rings (SSSR count). The first-order valence-electron chi connectivity index (χ1n) is 4.91. The van der Waals surface area contributed by atoms with Gasteiger partial charge in [0.05, 0.1) is 5.69 Å². The lowest BCUT2D eigenvalue weighted by molar-refractivity contribution is 0.631. The summed E-state index contributed by atoms with van der Waals surface area (Å²) in [4.78, 5) is 8.13. The molecule has 0 aliphatic heterocycles. The maximum absolute atomic E-state index is 13.5. The van der Waals surface area contributed by atoms with Crippen LogP contribution in [0.5, 0.6) is 0 Å². The first-order chi connectivity index (χ1) is 8.56. The molecule has 0 spiro atoms. The van der Waals surface area contributed by atoms with E-state index in [1.807, 2.05) is 0 Å². The first-order valence-corrected chi connectivity index (χ1v) is 5.70. The van der Waals surface area contributed by atoms with Gasteiger partial charge in [-0.05, 0) is 24.3 Å². The third-order valence-electron chi connectivity index (χ3n) is 2.08. The summed E-state index contributed by atoms with van der Waals surface area (Å²) in [6.45, 7) is 0. The highest BCUT2D eigenvalue weighted by atomic mass is 35.5. The number of anilines is 2. The van der Waals surface area contributed by atoms with Crippen molar-refractivity contribution < 1.29 is 4.39 Å². The molecule has 2 aromatic rings. The fraction of sp³-hybridized carbons (Fsp3) is 0. The fourth-order valence-corrected chi connectivity index (χ4v) is 1.56. The molecule has 0 saturated carbocycles. The Kier molecular flexibility index (Phi) is 3.69. The van der Waals surface area contributed by atoms with Crippen molar-refractivity contribution in [3.63, 3.8) is 0 Å². The van der Waals surface area contributed by atoms with Gasteiger partial charge in [0.15, 0.2) is 0 Å². The van der Waals surface area contributed by atoms with Crippen LogP contribution in [0.4, 0.5) is 16.0 Å². The number of hydrogen-bond donors (Lipinski definition) is 2. The molecule has 0 aliphatic rings. The van der Waals surface area contributed by atoms with Gasteiger partial charge >= 0.3 is 0 Å². The Morgan fingerprint density at radius 3 is 2.89 bits per heavy atom. The molecular formula is C11H8ClFN4S. The number of nitrogens with zero attached hydrogens (tertiary/aromatic N) is 2. The van der Waals surface area contributed by atoms with Gasteiger partial charge in [-0.15, -0.1) is 0 Å². The van der Waals surface area contributed by atoms with E-state index in [-0.39, 0.29) is 16.6 Å². The lowest BCUT2D eigenvalue weighted by Gasteiger charge is -2.07. The van der Waals surface area contributed by atoms with E-state index in [2.05, 4.69) is 15.3 Å². The van der Waals surface area contributed by atoms with E-state index < -0.39 is 5.82 Å². The zero-order valence-corrected chi connectivity index (χ0v) is 10.6. The summed E-state index contributed by atoms with van der Waals surface area (Å²) in [6.07, 6.45) is 1.48. The third kappa shape index (κ3) is 2.91. The molecule has 0 bridgehead atoms. The average Bonchev–Trinajstić information content (AvgIpc) is 2.34. The second-order valence-corrected chi connectivity index (χ2v) is 4.26. The largest absolute Gasteiger partial charge is 0.388 e. The molecule has 0 aliphatic carbocycles. The second-order valence-electron chi connectivity index (χ2n) is 3.38. The van der Waals surface area contributed by atoms with E-state index >= 15 is 0 Å². The Bertz CT molecular complexity index is 605. The van der Waals surface area contributed by atoms with E-state index in [4.69, 9.17) is 29.6 Å². The minimum Gasteiger partial charge on any atom is -0.388 e. The maximum Gasteiger partial charge on any atom is 0.227 e. The zero-order chi connectivity index (χ0) is 13.1. The maximum atomic E-state index is 13.5. The quantitative estimate of drug-likeness (QED) is 0.848. The van der Waals surface area contributed by atoms with Gasteiger partial charge in [-0.3, -0.25) is 0 Å². The van der Waals surface area contributed by atoms with E-state index in [0.29, 0.717) is 10.7 Å². The molecule has 92 valence electrons. The summed E-state index contributed by atoms with van der Waals surface area (Å²) in [5.74, 6) is -0.259. The fourth-order valence-electron chi connectivity index (χ4n) is 1.27. The van der Waals surface area contributed by atoms with Gasteiger partial charge < -0.3 is 11.1 Å². The monoisotopic (exact) mass is 282 g/mol. The number of halogens is 2. The second kappa shape index (κ2) is 5.24. The lowest BCUT2D eigenvalue weighted by atomic mass is 10.3. The van der Waals surface area contributed by atoms with Crippen molar-refractivity contribution in [1.82, 2.24) is 9.97 Å². The molecule has 1 aromatic carbocycles. The van der Waals surface area contributed by atoms with Crippen LogP contribution in [-0.2, 0) is 0 Å². The molecule has 0 saturated heterocycles. The van der Waals surface area contributed by atoms with Gasteiger partial charge in [0, 0.05) is 11.2 Å². The van der Waals surface area contributed by atoms with Crippen LogP contribution in [0.1, 0.15) is 5.69 Å². The molecule has 3 N–H and O–H groups in total. The van der Waals surface area contributed by atoms with E-state index in [9.17, 15) is 4.39 Å². The highest BCUT2D eigenvalue weighted by Crippen LogP contribution is 2.21. The van der Waals surface area contributed by atoms with Gasteiger partial charge in [0.1, 0.15) is 16.5 Å². The average molecular weight is 283 g/mol. The Balaban J connectivity index is 2.31. The predicted octanol–water partition coefficient (Wildman–Crippen LogP) is 2.65. The molecule has 7 heteroatoms. The summed E-state index contributed by atoms with van der Waals surface area (Å²) in [5, 5.41) is 3.12. The van der Waals surface area contributed by atoms with Crippen molar-refractivity contribution in [3.05, 3.63) is 47.0 Å². The number of nitrogens with two attached hydrogens (primary N) is 1. The highest BCUT2D eigenvalue weighted by molar-refractivity contribution is 7.80. The van der Waals surface area contributed by atoms with Crippen LogP contribution in [0.3, 0.4) is 0 Å². The van der Waals surface area contributed by atoms with Gasteiger partial charge in [0.25, 0.3) is 0 Å². The summed E-state index contributed by atoms with van der Waals surface area (Å²) in [7, 11) is 0. The number of aromatic nitrogens is 2. The third-order valence-corrected chi connectivity index (χ3v) is 2.53. The van der Waals surface area contributed by atoms with E-state index in [1.54, 1.807) is 6.07 Å². The van der Waals surface area contributed by atoms with Crippen LogP contribution in [0.15, 0.2) is 30.5 Å². The summed E-state index contributed by atoms with van der Waals surface area (Å²) in [5.41, 5.74) is 6.04. The Hall–Kier alpha value is -1.79. The number of benzene rings is 1. The molecule has 0 amide bonds. The summed E-state index contributed by atoms with van der Waals surface area (Å²) >= 11 is 10.6. The van der Waals surface area contributed by atoms with Crippen LogP contribution in [-0.4, -0.2) is 15.0 Å². The Labute approximate surface area is 113 Å². The van der Waals surface area contributed by atoms with Crippen molar-refractivity contribution in [2.45, 2.75) is 0 Å².